The Balaban J connectivity index is 1.94. The second-order valence-corrected chi connectivity index (χ2v) is 4.70. The maximum atomic E-state index is 12.8. The van der Waals surface area contributed by atoms with Crippen molar-refractivity contribution in [1.29, 1.82) is 0 Å². The summed E-state index contributed by atoms with van der Waals surface area (Å²) in [5.74, 6) is -1.91. The molecule has 1 heterocycles. The quantitative estimate of drug-likeness (QED) is 0.910. The largest absolute Gasteiger partial charge is 0.393 e. The van der Waals surface area contributed by atoms with E-state index in [1.54, 1.807) is 0 Å². The van der Waals surface area contributed by atoms with Crippen molar-refractivity contribution in [2.45, 2.75) is 44.4 Å². The molecular formula is C11H15F3N4O. The molecule has 1 aliphatic carbocycles. The minimum atomic E-state index is -4.26. The summed E-state index contributed by atoms with van der Waals surface area (Å²) in [6, 6.07) is -0.829. The first-order chi connectivity index (χ1) is 8.97. The lowest BCUT2D eigenvalue weighted by Gasteiger charge is -2.33. The summed E-state index contributed by atoms with van der Waals surface area (Å²) in [5.41, 5.74) is 0. The molecule has 0 saturated heterocycles. The molecular weight excluding hydrogens is 261 g/mol. The van der Waals surface area contributed by atoms with Crippen molar-refractivity contribution in [2.24, 2.45) is 5.92 Å². The summed E-state index contributed by atoms with van der Waals surface area (Å²) in [6.07, 6.45) is 0.0746. The molecule has 1 saturated carbocycles. The van der Waals surface area contributed by atoms with Gasteiger partial charge in [-0.15, -0.1) is 0 Å². The molecule has 1 aromatic heterocycles. The van der Waals surface area contributed by atoms with Gasteiger partial charge in [0.1, 0.15) is 19.2 Å². The molecule has 1 fully saturated rings. The van der Waals surface area contributed by atoms with E-state index in [4.69, 9.17) is 0 Å². The van der Waals surface area contributed by atoms with Gasteiger partial charge in [-0.3, -0.25) is 4.79 Å². The van der Waals surface area contributed by atoms with Crippen LogP contribution in [-0.4, -0.2) is 32.9 Å². The van der Waals surface area contributed by atoms with Gasteiger partial charge < -0.3 is 5.32 Å². The zero-order valence-corrected chi connectivity index (χ0v) is 10.2. The maximum Gasteiger partial charge on any atom is 0.393 e. The number of aromatic nitrogens is 3. The van der Waals surface area contributed by atoms with Crippen molar-refractivity contribution in [1.82, 2.24) is 20.1 Å². The van der Waals surface area contributed by atoms with Crippen LogP contribution in [0.1, 0.15) is 25.7 Å². The molecule has 0 bridgehead atoms. The van der Waals surface area contributed by atoms with Crippen LogP contribution in [0.2, 0.25) is 0 Å². The second-order valence-electron chi connectivity index (χ2n) is 4.70. The van der Waals surface area contributed by atoms with E-state index in [1.165, 1.54) is 17.3 Å². The van der Waals surface area contributed by atoms with E-state index in [2.05, 4.69) is 15.4 Å². The average Bonchev–Trinajstić information content (AvgIpc) is 2.81. The molecule has 106 valence electrons. The molecule has 0 aromatic carbocycles. The van der Waals surface area contributed by atoms with Crippen LogP contribution in [0, 0.1) is 5.92 Å². The van der Waals surface area contributed by atoms with Crippen LogP contribution in [0.4, 0.5) is 13.2 Å². The van der Waals surface area contributed by atoms with Gasteiger partial charge in [0.25, 0.3) is 0 Å². The van der Waals surface area contributed by atoms with Crippen molar-refractivity contribution in [3.63, 3.8) is 0 Å². The molecule has 1 amide bonds. The van der Waals surface area contributed by atoms with E-state index >= 15 is 0 Å². The van der Waals surface area contributed by atoms with Gasteiger partial charge in [0.2, 0.25) is 5.91 Å². The molecule has 1 N–H and O–H groups in total. The summed E-state index contributed by atoms with van der Waals surface area (Å²) in [4.78, 5) is 15.4. The molecule has 1 aliphatic rings. The van der Waals surface area contributed by atoms with Crippen LogP contribution in [0.25, 0.3) is 0 Å². The number of alkyl halides is 3. The van der Waals surface area contributed by atoms with E-state index in [-0.39, 0.29) is 13.0 Å². The van der Waals surface area contributed by atoms with Crippen LogP contribution >= 0.6 is 0 Å². The van der Waals surface area contributed by atoms with Gasteiger partial charge in [0.05, 0.1) is 5.92 Å². The highest BCUT2D eigenvalue weighted by Gasteiger charge is 2.45. The number of carbonyl (C=O) groups is 1. The molecule has 1 aromatic rings. The summed E-state index contributed by atoms with van der Waals surface area (Å²) < 4.78 is 39.8. The molecule has 19 heavy (non-hydrogen) atoms. The van der Waals surface area contributed by atoms with E-state index in [1.807, 2.05) is 0 Å². The molecule has 2 rings (SSSR count). The zero-order valence-electron chi connectivity index (χ0n) is 10.2. The topological polar surface area (TPSA) is 59.8 Å². The number of hydrogen-bond donors (Lipinski definition) is 1. The van der Waals surface area contributed by atoms with E-state index < -0.39 is 24.0 Å². The lowest BCUT2D eigenvalue weighted by atomic mass is 9.84. The monoisotopic (exact) mass is 276 g/mol. The molecule has 5 nitrogen and oxygen atoms in total. The smallest absolute Gasteiger partial charge is 0.351 e. The van der Waals surface area contributed by atoms with Crippen LogP contribution in [0.3, 0.4) is 0 Å². The van der Waals surface area contributed by atoms with Crippen molar-refractivity contribution >= 4 is 5.91 Å². The molecule has 0 radical (unpaired) electrons. The Morgan fingerprint density at radius 1 is 1.37 bits per heavy atom. The third kappa shape index (κ3) is 3.68. The highest BCUT2D eigenvalue weighted by Crippen LogP contribution is 2.37. The summed E-state index contributed by atoms with van der Waals surface area (Å²) in [7, 11) is 0. The van der Waals surface area contributed by atoms with Crippen LogP contribution in [0.15, 0.2) is 12.7 Å². The average molecular weight is 276 g/mol. The highest BCUT2D eigenvalue weighted by atomic mass is 19.4. The zero-order chi connectivity index (χ0) is 13.9. The Morgan fingerprint density at radius 3 is 2.74 bits per heavy atom. The number of nitrogens with zero attached hydrogens (tertiary/aromatic N) is 3. The van der Waals surface area contributed by atoms with Gasteiger partial charge in [-0.1, -0.05) is 12.8 Å². The minimum Gasteiger partial charge on any atom is -0.351 e. The molecule has 8 heteroatoms. The van der Waals surface area contributed by atoms with Crippen molar-refractivity contribution in [2.75, 3.05) is 0 Å². The van der Waals surface area contributed by atoms with Crippen molar-refractivity contribution in [3.05, 3.63) is 12.7 Å². The normalized spacial score (nSPS) is 24.2. The number of nitrogens with one attached hydrogen (secondary N) is 1. The van der Waals surface area contributed by atoms with Crippen LogP contribution in [-0.2, 0) is 11.3 Å². The Kier molecular flexibility index (Phi) is 4.06. The first-order valence-electron chi connectivity index (χ1n) is 6.15. The standard InChI is InChI=1S/C11H15F3N4O/c12-11(13,14)8-3-1-2-4-9(8)17-10(19)5-18-7-15-6-16-18/h6-9H,1-5H2,(H,17,19). The Labute approximate surface area is 108 Å². The maximum absolute atomic E-state index is 12.8. The van der Waals surface area contributed by atoms with Gasteiger partial charge in [-0.2, -0.15) is 18.3 Å². The highest BCUT2D eigenvalue weighted by molar-refractivity contribution is 5.75. The minimum absolute atomic E-state index is 0.0811. The number of amides is 1. The van der Waals surface area contributed by atoms with Crippen LogP contribution < -0.4 is 5.32 Å². The lowest BCUT2D eigenvalue weighted by molar-refractivity contribution is -0.189. The number of carbonyl (C=O) groups excluding carboxylic acids is 1. The predicted molar refractivity (Wildman–Crippen MR) is 60.0 cm³/mol. The van der Waals surface area contributed by atoms with Gasteiger partial charge in [0, 0.05) is 6.04 Å². The van der Waals surface area contributed by atoms with E-state index in [9.17, 15) is 18.0 Å². The number of hydrogen-bond acceptors (Lipinski definition) is 3. The Morgan fingerprint density at radius 2 is 2.11 bits per heavy atom. The van der Waals surface area contributed by atoms with Crippen molar-refractivity contribution < 1.29 is 18.0 Å². The lowest BCUT2D eigenvalue weighted by Crippen LogP contribution is -2.48. The third-order valence-electron chi connectivity index (χ3n) is 3.30. The molecule has 0 spiro atoms. The van der Waals surface area contributed by atoms with Gasteiger partial charge in [0.15, 0.2) is 0 Å². The van der Waals surface area contributed by atoms with Gasteiger partial charge in [-0.05, 0) is 12.8 Å². The Hall–Kier alpha value is -1.60. The SMILES string of the molecule is O=C(Cn1cncn1)NC1CCCCC1C(F)(F)F. The first-order valence-corrected chi connectivity index (χ1v) is 6.15. The fourth-order valence-corrected chi connectivity index (χ4v) is 2.41. The molecule has 2 atom stereocenters. The predicted octanol–water partition coefficient (Wildman–Crippen LogP) is 1.52. The third-order valence-corrected chi connectivity index (χ3v) is 3.30. The molecule has 0 aliphatic heterocycles. The summed E-state index contributed by atoms with van der Waals surface area (Å²) in [5, 5.41) is 6.21. The fraction of sp³-hybridized carbons (Fsp3) is 0.727. The first kappa shape index (κ1) is 13.8. The number of halogens is 3. The Bertz CT molecular complexity index is 418. The number of rotatable bonds is 3. The second kappa shape index (κ2) is 5.58. The van der Waals surface area contributed by atoms with Crippen LogP contribution in [0.5, 0.6) is 0 Å². The van der Waals surface area contributed by atoms with Crippen molar-refractivity contribution in [3.8, 4) is 0 Å². The molecule has 2 unspecified atom stereocenters. The van der Waals surface area contributed by atoms with E-state index in [0.717, 1.165) is 0 Å². The van der Waals surface area contributed by atoms with Gasteiger partial charge in [-0.25, -0.2) is 9.67 Å². The van der Waals surface area contributed by atoms with Gasteiger partial charge >= 0.3 is 6.18 Å². The fourth-order valence-electron chi connectivity index (χ4n) is 2.41. The summed E-state index contributed by atoms with van der Waals surface area (Å²) >= 11 is 0. The summed E-state index contributed by atoms with van der Waals surface area (Å²) in [6.45, 7) is -0.110. The van der Waals surface area contributed by atoms with E-state index in [0.29, 0.717) is 19.3 Å².